The lowest BCUT2D eigenvalue weighted by Crippen LogP contribution is -2.30. The lowest BCUT2D eigenvalue weighted by atomic mass is 9.93. The Kier molecular flexibility index (Phi) is 3.88. The molecule has 1 aliphatic rings. The topological polar surface area (TPSA) is 70.5 Å². The molecular formula is C15H18N2O3. The molecule has 0 aromatic carbocycles. The van der Waals surface area contributed by atoms with Crippen molar-refractivity contribution in [3.63, 3.8) is 0 Å². The average molecular weight is 274 g/mol. The van der Waals surface area contributed by atoms with Gasteiger partial charge in [0.2, 0.25) is 0 Å². The molecule has 5 nitrogen and oxygen atoms in total. The first kappa shape index (κ1) is 14.2. The highest BCUT2D eigenvalue weighted by molar-refractivity contribution is 5.92. The fourth-order valence-electron chi connectivity index (χ4n) is 2.25. The number of carbonyl (C=O) groups is 2. The minimum atomic E-state index is -1.01. The Bertz CT molecular complexity index is 547. The van der Waals surface area contributed by atoms with Gasteiger partial charge in [0, 0.05) is 25.4 Å². The molecule has 2 rings (SSSR count). The number of hydrogen-bond acceptors (Lipinski definition) is 3. The number of carboxylic acids is 1. The van der Waals surface area contributed by atoms with E-state index in [1.807, 2.05) is 4.90 Å². The van der Waals surface area contributed by atoms with E-state index in [4.69, 9.17) is 5.11 Å². The summed E-state index contributed by atoms with van der Waals surface area (Å²) in [7, 11) is 0. The summed E-state index contributed by atoms with van der Waals surface area (Å²) in [5.41, 5.74) is 1.22. The Morgan fingerprint density at radius 1 is 1.40 bits per heavy atom. The lowest BCUT2D eigenvalue weighted by Gasteiger charge is -2.19. The molecule has 0 bridgehead atoms. The van der Waals surface area contributed by atoms with Gasteiger partial charge in [-0.25, -0.2) is 4.79 Å². The first-order chi connectivity index (χ1) is 9.37. The van der Waals surface area contributed by atoms with Gasteiger partial charge in [-0.05, 0) is 29.5 Å². The summed E-state index contributed by atoms with van der Waals surface area (Å²) in [6, 6.07) is 3.33. The maximum absolute atomic E-state index is 12.3. The average Bonchev–Trinajstić information content (AvgIpc) is 2.76. The zero-order chi connectivity index (χ0) is 14.8. The molecule has 2 heterocycles. The van der Waals surface area contributed by atoms with Crippen LogP contribution in [0, 0.1) is 5.41 Å². The largest absolute Gasteiger partial charge is 0.478 e. The Morgan fingerprint density at radius 2 is 2.15 bits per heavy atom. The lowest BCUT2D eigenvalue weighted by molar-refractivity contribution is -0.131. The quantitative estimate of drug-likeness (QED) is 0.856. The number of hydrogen-bond donors (Lipinski definition) is 1. The first-order valence-corrected chi connectivity index (χ1v) is 6.54. The third-order valence-electron chi connectivity index (χ3n) is 3.39. The molecule has 5 heteroatoms. The number of rotatable bonds is 3. The maximum Gasteiger partial charge on any atom is 0.328 e. The normalized spacial score (nSPS) is 17.6. The van der Waals surface area contributed by atoms with Gasteiger partial charge in [-0.15, -0.1) is 0 Å². The van der Waals surface area contributed by atoms with E-state index >= 15 is 0 Å². The number of aromatic nitrogens is 1. The van der Waals surface area contributed by atoms with Crippen molar-refractivity contribution in [3.05, 3.63) is 35.7 Å². The molecule has 20 heavy (non-hydrogen) atoms. The smallest absolute Gasteiger partial charge is 0.328 e. The second-order valence-corrected chi connectivity index (χ2v) is 5.79. The summed E-state index contributed by atoms with van der Waals surface area (Å²) in [6.45, 7) is 5.80. The highest BCUT2D eigenvalue weighted by Crippen LogP contribution is 2.29. The van der Waals surface area contributed by atoms with E-state index in [0.29, 0.717) is 11.3 Å². The van der Waals surface area contributed by atoms with E-state index in [0.717, 1.165) is 25.6 Å². The molecule has 1 amide bonds. The zero-order valence-electron chi connectivity index (χ0n) is 11.7. The molecule has 0 spiro atoms. The molecule has 1 aliphatic heterocycles. The Morgan fingerprint density at radius 3 is 2.65 bits per heavy atom. The Balaban J connectivity index is 2.07. The van der Waals surface area contributed by atoms with E-state index in [1.54, 1.807) is 12.1 Å². The van der Waals surface area contributed by atoms with Crippen LogP contribution in [-0.2, 0) is 4.79 Å². The van der Waals surface area contributed by atoms with E-state index in [-0.39, 0.29) is 11.3 Å². The second-order valence-electron chi connectivity index (χ2n) is 5.79. The number of carbonyl (C=O) groups excluding carboxylic acids is 1. The third kappa shape index (κ3) is 3.44. The summed E-state index contributed by atoms with van der Waals surface area (Å²) < 4.78 is 0. The summed E-state index contributed by atoms with van der Waals surface area (Å²) in [5, 5.41) is 8.54. The van der Waals surface area contributed by atoms with Crippen molar-refractivity contribution in [2.45, 2.75) is 20.3 Å². The summed E-state index contributed by atoms with van der Waals surface area (Å²) in [4.78, 5) is 28.6. The predicted octanol–water partition coefficient (Wildman–Crippen LogP) is 2.05. The molecule has 1 saturated heterocycles. The molecule has 0 saturated carbocycles. The summed E-state index contributed by atoms with van der Waals surface area (Å²) >= 11 is 0. The second kappa shape index (κ2) is 5.45. The highest BCUT2D eigenvalue weighted by atomic mass is 16.4. The number of carboxylic acid groups (broad SMARTS) is 1. The molecular weight excluding hydrogens is 256 g/mol. The fourth-order valence-corrected chi connectivity index (χ4v) is 2.25. The molecule has 0 radical (unpaired) electrons. The maximum atomic E-state index is 12.3. The monoisotopic (exact) mass is 274 g/mol. The van der Waals surface area contributed by atoms with Gasteiger partial charge in [0.25, 0.3) is 5.91 Å². The van der Waals surface area contributed by atoms with Gasteiger partial charge >= 0.3 is 5.97 Å². The minimum Gasteiger partial charge on any atom is -0.478 e. The van der Waals surface area contributed by atoms with Crippen LogP contribution in [0.5, 0.6) is 0 Å². The Labute approximate surface area is 117 Å². The van der Waals surface area contributed by atoms with Crippen LogP contribution >= 0.6 is 0 Å². The van der Waals surface area contributed by atoms with Crippen molar-refractivity contribution in [3.8, 4) is 0 Å². The highest BCUT2D eigenvalue weighted by Gasteiger charge is 2.32. The van der Waals surface area contributed by atoms with Crippen molar-refractivity contribution in [1.82, 2.24) is 9.88 Å². The van der Waals surface area contributed by atoms with E-state index in [2.05, 4.69) is 18.8 Å². The molecule has 0 atom stereocenters. The van der Waals surface area contributed by atoms with E-state index < -0.39 is 5.97 Å². The fraction of sp³-hybridized carbons (Fsp3) is 0.400. The van der Waals surface area contributed by atoms with Crippen molar-refractivity contribution in [1.29, 1.82) is 0 Å². The number of amides is 1. The molecule has 1 N–H and O–H groups in total. The van der Waals surface area contributed by atoms with Crippen molar-refractivity contribution >= 4 is 18.0 Å². The summed E-state index contributed by atoms with van der Waals surface area (Å²) in [6.07, 6.45) is 5.00. The van der Waals surface area contributed by atoms with Crippen LogP contribution in [0.1, 0.15) is 36.3 Å². The number of pyridine rings is 1. The molecule has 1 fully saturated rings. The zero-order valence-corrected chi connectivity index (χ0v) is 11.7. The number of aliphatic carboxylic acids is 1. The van der Waals surface area contributed by atoms with Crippen LogP contribution in [0.3, 0.4) is 0 Å². The number of likely N-dealkylation sites (tertiary alicyclic amines) is 1. The molecule has 106 valence electrons. The van der Waals surface area contributed by atoms with Gasteiger partial charge in [-0.3, -0.25) is 9.78 Å². The SMILES string of the molecule is CC1(C)CCN(C(=O)c2ccc(/C=C/C(=O)O)cn2)C1. The van der Waals surface area contributed by atoms with Gasteiger partial charge in [-0.2, -0.15) is 0 Å². The third-order valence-corrected chi connectivity index (χ3v) is 3.39. The van der Waals surface area contributed by atoms with Crippen LogP contribution in [0.2, 0.25) is 0 Å². The Hall–Kier alpha value is -2.17. The van der Waals surface area contributed by atoms with Gasteiger partial charge in [0.05, 0.1) is 0 Å². The van der Waals surface area contributed by atoms with Crippen LogP contribution < -0.4 is 0 Å². The molecule has 0 aliphatic carbocycles. The summed E-state index contributed by atoms with van der Waals surface area (Å²) in [5.74, 6) is -1.08. The minimum absolute atomic E-state index is 0.0654. The molecule has 0 unspecified atom stereocenters. The first-order valence-electron chi connectivity index (χ1n) is 6.54. The van der Waals surface area contributed by atoms with Crippen molar-refractivity contribution < 1.29 is 14.7 Å². The van der Waals surface area contributed by atoms with Crippen molar-refractivity contribution in [2.24, 2.45) is 5.41 Å². The van der Waals surface area contributed by atoms with Crippen LogP contribution in [0.15, 0.2) is 24.4 Å². The number of nitrogens with zero attached hydrogens (tertiary/aromatic N) is 2. The van der Waals surface area contributed by atoms with E-state index in [9.17, 15) is 9.59 Å². The molecule has 1 aromatic heterocycles. The van der Waals surface area contributed by atoms with Gasteiger partial charge in [0.1, 0.15) is 5.69 Å². The van der Waals surface area contributed by atoms with Gasteiger partial charge in [-0.1, -0.05) is 19.9 Å². The predicted molar refractivity (Wildman–Crippen MR) is 75.2 cm³/mol. The van der Waals surface area contributed by atoms with Gasteiger partial charge in [0.15, 0.2) is 0 Å². The van der Waals surface area contributed by atoms with Gasteiger partial charge < -0.3 is 10.0 Å². The molecule has 1 aromatic rings. The standard InChI is InChI=1S/C15H18N2O3/c1-15(2)7-8-17(10-15)14(20)12-5-3-11(9-16-12)4-6-13(18)19/h3-6,9H,7-8,10H2,1-2H3,(H,18,19)/b6-4+. The van der Waals surface area contributed by atoms with Crippen LogP contribution in [0.4, 0.5) is 0 Å². The van der Waals surface area contributed by atoms with Crippen molar-refractivity contribution in [2.75, 3.05) is 13.1 Å². The van der Waals surface area contributed by atoms with E-state index in [1.165, 1.54) is 12.3 Å². The van der Waals surface area contributed by atoms with Crippen LogP contribution in [0.25, 0.3) is 6.08 Å². The van der Waals surface area contributed by atoms with Crippen LogP contribution in [-0.4, -0.2) is 40.0 Å².